The third kappa shape index (κ3) is 4.12. The van der Waals surface area contributed by atoms with Crippen LogP contribution in [0.5, 0.6) is 0 Å². The Labute approximate surface area is 95.4 Å². The van der Waals surface area contributed by atoms with Crippen LogP contribution in [-0.2, 0) is 0 Å². The molecular formula is C13H28N2. The van der Waals surface area contributed by atoms with Crippen molar-refractivity contribution in [2.75, 3.05) is 27.2 Å². The van der Waals surface area contributed by atoms with E-state index in [9.17, 15) is 0 Å². The fourth-order valence-electron chi connectivity index (χ4n) is 2.30. The van der Waals surface area contributed by atoms with Crippen molar-refractivity contribution < 1.29 is 0 Å². The quantitative estimate of drug-likeness (QED) is 0.696. The minimum Gasteiger partial charge on any atom is -0.315 e. The van der Waals surface area contributed by atoms with Crippen LogP contribution < -0.4 is 5.32 Å². The molecule has 1 fully saturated rings. The summed E-state index contributed by atoms with van der Waals surface area (Å²) in [7, 11) is 4.35. The van der Waals surface area contributed by atoms with Crippen molar-refractivity contribution in [1.29, 1.82) is 0 Å². The van der Waals surface area contributed by atoms with E-state index < -0.39 is 0 Å². The average Bonchev–Trinajstić information content (AvgIpc) is 2.89. The number of nitrogens with one attached hydrogen (secondary N) is 1. The third-order valence-corrected chi connectivity index (χ3v) is 4.03. The van der Waals surface area contributed by atoms with Crippen LogP contribution in [0.15, 0.2) is 0 Å². The Hall–Kier alpha value is -0.0800. The molecule has 0 amide bonds. The van der Waals surface area contributed by atoms with Gasteiger partial charge in [0, 0.05) is 19.1 Å². The molecule has 2 nitrogen and oxygen atoms in total. The van der Waals surface area contributed by atoms with Crippen LogP contribution in [0.4, 0.5) is 0 Å². The maximum atomic E-state index is 3.45. The largest absolute Gasteiger partial charge is 0.315 e. The van der Waals surface area contributed by atoms with Crippen molar-refractivity contribution in [2.45, 2.75) is 39.7 Å². The molecule has 0 bridgehead atoms. The van der Waals surface area contributed by atoms with Crippen LogP contribution >= 0.6 is 0 Å². The second-order valence-corrected chi connectivity index (χ2v) is 5.47. The molecule has 4 unspecified atom stereocenters. The lowest BCUT2D eigenvalue weighted by Crippen LogP contribution is -2.42. The van der Waals surface area contributed by atoms with Gasteiger partial charge in [-0.25, -0.2) is 0 Å². The van der Waals surface area contributed by atoms with Gasteiger partial charge in [-0.2, -0.15) is 0 Å². The van der Waals surface area contributed by atoms with Gasteiger partial charge in [-0.05, 0) is 38.3 Å². The first kappa shape index (κ1) is 13.0. The molecule has 2 heteroatoms. The zero-order valence-electron chi connectivity index (χ0n) is 11.1. The van der Waals surface area contributed by atoms with E-state index in [1.807, 2.05) is 0 Å². The van der Waals surface area contributed by atoms with Crippen molar-refractivity contribution in [2.24, 2.45) is 17.8 Å². The highest BCUT2D eigenvalue weighted by molar-refractivity contribution is 4.85. The molecule has 0 aromatic rings. The molecule has 0 aromatic carbocycles. The lowest BCUT2D eigenvalue weighted by atomic mass is 9.99. The Morgan fingerprint density at radius 2 is 2.07 bits per heavy atom. The van der Waals surface area contributed by atoms with Gasteiger partial charge in [0.15, 0.2) is 0 Å². The van der Waals surface area contributed by atoms with Crippen molar-refractivity contribution in [1.82, 2.24) is 10.2 Å². The molecule has 90 valence electrons. The average molecular weight is 212 g/mol. The molecule has 0 heterocycles. The first-order valence-corrected chi connectivity index (χ1v) is 6.44. The number of hydrogen-bond acceptors (Lipinski definition) is 2. The summed E-state index contributed by atoms with van der Waals surface area (Å²) >= 11 is 0. The summed E-state index contributed by atoms with van der Waals surface area (Å²) in [6, 6.07) is 0.647. The smallest absolute Gasteiger partial charge is 0.0217 e. The van der Waals surface area contributed by atoms with E-state index in [1.165, 1.54) is 25.9 Å². The van der Waals surface area contributed by atoms with Gasteiger partial charge in [0.2, 0.25) is 0 Å². The van der Waals surface area contributed by atoms with Crippen molar-refractivity contribution >= 4 is 0 Å². The van der Waals surface area contributed by atoms with Crippen LogP contribution in [0.2, 0.25) is 0 Å². The van der Waals surface area contributed by atoms with E-state index >= 15 is 0 Å². The normalized spacial score (nSPS) is 29.2. The number of hydrogen-bond donors (Lipinski definition) is 1. The van der Waals surface area contributed by atoms with E-state index in [1.54, 1.807) is 0 Å². The highest BCUT2D eigenvalue weighted by Crippen LogP contribution is 2.37. The summed E-state index contributed by atoms with van der Waals surface area (Å²) in [5.41, 5.74) is 0. The standard InChI is InChI=1S/C13H28N2/c1-6-10(2)13(14-4)9-15(5)8-12-7-11(12)3/h10-14H,6-9H2,1-5H3. The van der Waals surface area contributed by atoms with E-state index in [0.717, 1.165) is 17.8 Å². The Morgan fingerprint density at radius 3 is 2.47 bits per heavy atom. The summed E-state index contributed by atoms with van der Waals surface area (Å²) in [5, 5.41) is 3.45. The molecule has 0 radical (unpaired) electrons. The SMILES string of the molecule is CCC(C)C(CN(C)CC1CC1C)NC. The second kappa shape index (κ2) is 5.86. The number of nitrogens with zero attached hydrogens (tertiary/aromatic N) is 1. The molecule has 1 saturated carbocycles. The molecule has 0 aliphatic heterocycles. The predicted octanol–water partition coefficient (Wildman–Crippen LogP) is 2.21. The molecule has 0 saturated heterocycles. The molecule has 1 N–H and O–H groups in total. The number of likely N-dealkylation sites (N-methyl/N-ethyl adjacent to an activating group) is 2. The van der Waals surface area contributed by atoms with E-state index in [0.29, 0.717) is 6.04 Å². The van der Waals surface area contributed by atoms with Crippen molar-refractivity contribution in [3.8, 4) is 0 Å². The minimum atomic E-state index is 0.647. The third-order valence-electron chi connectivity index (χ3n) is 4.03. The first-order chi connectivity index (χ1) is 7.08. The molecule has 4 atom stereocenters. The molecule has 1 aliphatic rings. The van der Waals surface area contributed by atoms with Crippen LogP contribution in [0.25, 0.3) is 0 Å². The highest BCUT2D eigenvalue weighted by Gasteiger charge is 2.33. The van der Waals surface area contributed by atoms with Gasteiger partial charge in [0.05, 0.1) is 0 Å². The molecule has 0 spiro atoms. The van der Waals surface area contributed by atoms with Gasteiger partial charge in [-0.3, -0.25) is 0 Å². The van der Waals surface area contributed by atoms with Crippen molar-refractivity contribution in [3.63, 3.8) is 0 Å². The van der Waals surface area contributed by atoms with Crippen LogP contribution in [0, 0.1) is 17.8 Å². The van der Waals surface area contributed by atoms with Crippen LogP contribution in [0.1, 0.15) is 33.6 Å². The van der Waals surface area contributed by atoms with Gasteiger partial charge < -0.3 is 10.2 Å². The molecule has 1 rings (SSSR count). The van der Waals surface area contributed by atoms with Gasteiger partial charge in [0.1, 0.15) is 0 Å². The Morgan fingerprint density at radius 1 is 1.47 bits per heavy atom. The van der Waals surface area contributed by atoms with E-state index in [-0.39, 0.29) is 0 Å². The van der Waals surface area contributed by atoms with E-state index in [4.69, 9.17) is 0 Å². The van der Waals surface area contributed by atoms with E-state index in [2.05, 4.69) is 45.1 Å². The summed E-state index contributed by atoms with van der Waals surface area (Å²) < 4.78 is 0. The Bertz CT molecular complexity index is 181. The highest BCUT2D eigenvalue weighted by atomic mass is 15.1. The van der Waals surface area contributed by atoms with Crippen LogP contribution in [-0.4, -0.2) is 38.1 Å². The van der Waals surface area contributed by atoms with Gasteiger partial charge in [0.25, 0.3) is 0 Å². The molecule has 1 aliphatic carbocycles. The summed E-state index contributed by atoms with van der Waals surface area (Å²) in [5.74, 6) is 2.72. The monoisotopic (exact) mass is 212 g/mol. The zero-order valence-corrected chi connectivity index (χ0v) is 11.1. The van der Waals surface area contributed by atoms with Gasteiger partial charge in [-0.15, -0.1) is 0 Å². The second-order valence-electron chi connectivity index (χ2n) is 5.47. The maximum absolute atomic E-state index is 3.45. The Kier molecular flexibility index (Phi) is 5.07. The lowest BCUT2D eigenvalue weighted by Gasteiger charge is -2.28. The molecular weight excluding hydrogens is 184 g/mol. The predicted molar refractivity (Wildman–Crippen MR) is 67.1 cm³/mol. The van der Waals surface area contributed by atoms with Crippen LogP contribution in [0.3, 0.4) is 0 Å². The molecule has 0 aromatic heterocycles. The topological polar surface area (TPSA) is 15.3 Å². The summed E-state index contributed by atoms with van der Waals surface area (Å²) in [6.07, 6.45) is 2.71. The fourth-order valence-corrected chi connectivity index (χ4v) is 2.30. The van der Waals surface area contributed by atoms with Gasteiger partial charge in [-0.1, -0.05) is 27.2 Å². The van der Waals surface area contributed by atoms with Crippen molar-refractivity contribution in [3.05, 3.63) is 0 Å². The number of rotatable bonds is 7. The first-order valence-electron chi connectivity index (χ1n) is 6.44. The zero-order chi connectivity index (χ0) is 11.4. The Balaban J connectivity index is 2.24. The lowest BCUT2D eigenvalue weighted by molar-refractivity contribution is 0.242. The van der Waals surface area contributed by atoms with Gasteiger partial charge >= 0.3 is 0 Å². The minimum absolute atomic E-state index is 0.647. The summed E-state index contributed by atoms with van der Waals surface area (Å²) in [6.45, 7) is 9.46. The summed E-state index contributed by atoms with van der Waals surface area (Å²) in [4.78, 5) is 2.50. The maximum Gasteiger partial charge on any atom is 0.0217 e. The molecule has 15 heavy (non-hydrogen) atoms. The fraction of sp³-hybridized carbons (Fsp3) is 1.00.